The molecule has 1 saturated carbocycles. The summed E-state index contributed by atoms with van der Waals surface area (Å²) in [5, 5.41) is 14.0. The first kappa shape index (κ1) is 21.7. The number of nitriles is 1. The van der Waals surface area contributed by atoms with Crippen LogP contribution in [0.25, 0.3) is 5.69 Å². The van der Waals surface area contributed by atoms with Crippen molar-refractivity contribution in [2.45, 2.75) is 31.6 Å². The van der Waals surface area contributed by atoms with Gasteiger partial charge in [0.05, 0.1) is 12.8 Å². The number of fused-ring (bicyclic) bond motifs is 1. The van der Waals surface area contributed by atoms with Gasteiger partial charge in [0.25, 0.3) is 5.91 Å². The molecule has 0 radical (unpaired) electrons. The SMILES string of the molecule is COc1ccc(-n2nc(C#N)c3c2C(=O)N(c2ccc(C4(C(C)C(N)=O)CC4)cc2)CC3)cc1. The molecule has 1 aliphatic carbocycles. The number of amides is 2. The Morgan fingerprint density at radius 2 is 1.79 bits per heavy atom. The number of nitrogens with zero attached hydrogens (tertiary/aromatic N) is 4. The van der Waals surface area contributed by atoms with Gasteiger partial charge in [-0.2, -0.15) is 10.4 Å². The molecule has 2 aliphatic rings. The zero-order valence-corrected chi connectivity index (χ0v) is 19.1. The highest BCUT2D eigenvalue weighted by molar-refractivity contribution is 6.07. The number of anilines is 1. The maximum absolute atomic E-state index is 13.6. The summed E-state index contributed by atoms with van der Waals surface area (Å²) in [6.07, 6.45) is 2.39. The van der Waals surface area contributed by atoms with Crippen LogP contribution in [-0.4, -0.2) is 35.2 Å². The second kappa shape index (κ2) is 8.03. The van der Waals surface area contributed by atoms with Gasteiger partial charge in [0.15, 0.2) is 5.69 Å². The van der Waals surface area contributed by atoms with E-state index < -0.39 is 0 Å². The lowest BCUT2D eigenvalue weighted by Gasteiger charge is -2.28. The maximum Gasteiger partial charge on any atom is 0.277 e. The van der Waals surface area contributed by atoms with E-state index in [0.717, 1.165) is 24.1 Å². The van der Waals surface area contributed by atoms with Gasteiger partial charge in [-0.05, 0) is 61.2 Å². The van der Waals surface area contributed by atoms with E-state index in [4.69, 9.17) is 10.5 Å². The number of hydrogen-bond donors (Lipinski definition) is 1. The molecule has 1 fully saturated rings. The van der Waals surface area contributed by atoms with Crippen LogP contribution in [0.5, 0.6) is 5.75 Å². The second-order valence-electron chi connectivity index (χ2n) is 8.93. The molecule has 2 N–H and O–H groups in total. The number of primary amides is 1. The monoisotopic (exact) mass is 455 g/mol. The zero-order chi connectivity index (χ0) is 24.0. The highest BCUT2D eigenvalue weighted by Crippen LogP contribution is 2.54. The van der Waals surface area contributed by atoms with Crippen LogP contribution in [0.3, 0.4) is 0 Å². The third-order valence-corrected chi connectivity index (χ3v) is 7.24. The summed E-state index contributed by atoms with van der Waals surface area (Å²) in [6.45, 7) is 2.34. The van der Waals surface area contributed by atoms with E-state index in [9.17, 15) is 14.9 Å². The standard InChI is InChI=1S/C26H25N5O3/c1-16(24(28)32)26(12-13-26)17-3-5-18(6-4-17)30-14-11-21-22(15-27)29-31(23(21)25(30)33)19-7-9-20(34-2)10-8-19/h3-10,16H,11-14H2,1-2H3,(H2,28,32). The summed E-state index contributed by atoms with van der Waals surface area (Å²) in [6, 6.07) is 17.2. The molecule has 1 atom stereocenters. The van der Waals surface area contributed by atoms with Crippen molar-refractivity contribution in [1.82, 2.24) is 9.78 Å². The molecule has 0 spiro atoms. The molecular formula is C26H25N5O3. The number of carbonyl (C=O) groups excluding carboxylic acids is 2. The Balaban J connectivity index is 1.48. The molecule has 1 unspecified atom stereocenters. The summed E-state index contributed by atoms with van der Waals surface area (Å²) < 4.78 is 6.77. The molecule has 3 aromatic rings. The van der Waals surface area contributed by atoms with Crippen LogP contribution in [0.4, 0.5) is 5.69 Å². The van der Waals surface area contributed by atoms with Gasteiger partial charge in [-0.3, -0.25) is 9.59 Å². The Bertz CT molecular complexity index is 1310. The summed E-state index contributed by atoms with van der Waals surface area (Å²) in [7, 11) is 1.59. The van der Waals surface area contributed by atoms with Gasteiger partial charge in [0.1, 0.15) is 17.5 Å². The van der Waals surface area contributed by atoms with E-state index in [1.807, 2.05) is 43.3 Å². The summed E-state index contributed by atoms with van der Waals surface area (Å²) in [4.78, 5) is 27.1. The van der Waals surface area contributed by atoms with E-state index >= 15 is 0 Å². The zero-order valence-electron chi connectivity index (χ0n) is 19.1. The molecule has 172 valence electrons. The number of aromatic nitrogens is 2. The van der Waals surface area contributed by atoms with Crippen molar-refractivity contribution < 1.29 is 14.3 Å². The van der Waals surface area contributed by atoms with Gasteiger partial charge in [0.2, 0.25) is 5.91 Å². The lowest BCUT2D eigenvalue weighted by molar-refractivity contribution is -0.122. The van der Waals surface area contributed by atoms with Gasteiger partial charge in [0, 0.05) is 29.1 Å². The van der Waals surface area contributed by atoms with E-state index in [1.165, 1.54) is 0 Å². The van der Waals surface area contributed by atoms with Crippen molar-refractivity contribution in [2.75, 3.05) is 18.6 Å². The van der Waals surface area contributed by atoms with Crippen molar-refractivity contribution in [1.29, 1.82) is 5.26 Å². The van der Waals surface area contributed by atoms with Gasteiger partial charge in [-0.25, -0.2) is 4.68 Å². The van der Waals surface area contributed by atoms with Crippen molar-refractivity contribution >= 4 is 17.5 Å². The lowest BCUT2D eigenvalue weighted by Crippen LogP contribution is -2.39. The van der Waals surface area contributed by atoms with Crippen LogP contribution in [0.1, 0.15) is 47.1 Å². The number of methoxy groups -OCH3 is 1. The first-order valence-corrected chi connectivity index (χ1v) is 11.3. The Morgan fingerprint density at radius 1 is 1.15 bits per heavy atom. The van der Waals surface area contributed by atoms with Crippen molar-refractivity contribution in [3.05, 3.63) is 71.0 Å². The van der Waals surface area contributed by atoms with Crippen molar-refractivity contribution in [2.24, 2.45) is 11.7 Å². The fraction of sp³-hybridized carbons (Fsp3) is 0.308. The van der Waals surface area contributed by atoms with Gasteiger partial charge < -0.3 is 15.4 Å². The first-order valence-electron chi connectivity index (χ1n) is 11.3. The number of benzene rings is 2. The van der Waals surface area contributed by atoms with Gasteiger partial charge in [-0.1, -0.05) is 19.1 Å². The van der Waals surface area contributed by atoms with Crippen LogP contribution in [0.15, 0.2) is 48.5 Å². The summed E-state index contributed by atoms with van der Waals surface area (Å²) >= 11 is 0. The lowest BCUT2D eigenvalue weighted by atomic mass is 9.83. The molecule has 1 aromatic heterocycles. The minimum Gasteiger partial charge on any atom is -0.497 e. The van der Waals surface area contributed by atoms with Crippen molar-refractivity contribution in [3.63, 3.8) is 0 Å². The smallest absolute Gasteiger partial charge is 0.277 e. The second-order valence-corrected chi connectivity index (χ2v) is 8.93. The van der Waals surface area contributed by atoms with Gasteiger partial charge in [-0.15, -0.1) is 0 Å². The van der Waals surface area contributed by atoms with Crippen LogP contribution in [0, 0.1) is 17.2 Å². The Labute approximate surface area is 197 Å². The molecule has 2 amide bonds. The highest BCUT2D eigenvalue weighted by atomic mass is 16.5. The van der Waals surface area contributed by atoms with Crippen molar-refractivity contribution in [3.8, 4) is 17.5 Å². The maximum atomic E-state index is 13.6. The van der Waals surface area contributed by atoms with E-state index in [2.05, 4.69) is 11.2 Å². The summed E-state index contributed by atoms with van der Waals surface area (Å²) in [5.74, 6) is -0.0379. The normalized spacial score (nSPS) is 17.0. The summed E-state index contributed by atoms with van der Waals surface area (Å²) in [5.41, 5.74) is 9.23. The van der Waals surface area contributed by atoms with E-state index in [0.29, 0.717) is 35.7 Å². The minimum absolute atomic E-state index is 0.196. The van der Waals surface area contributed by atoms with Crippen LogP contribution in [-0.2, 0) is 16.6 Å². The third kappa shape index (κ3) is 3.32. The predicted octanol–water partition coefficient (Wildman–Crippen LogP) is 3.11. The minimum atomic E-state index is -0.291. The van der Waals surface area contributed by atoms with E-state index in [-0.39, 0.29) is 28.8 Å². The number of rotatable bonds is 6. The number of hydrogen-bond acceptors (Lipinski definition) is 5. The quantitative estimate of drug-likeness (QED) is 0.613. The molecule has 0 saturated heterocycles. The molecule has 5 rings (SSSR count). The van der Waals surface area contributed by atoms with Crippen LogP contribution < -0.4 is 15.4 Å². The molecule has 34 heavy (non-hydrogen) atoms. The molecule has 0 bridgehead atoms. The average molecular weight is 456 g/mol. The Hall–Kier alpha value is -4.12. The molecule has 1 aliphatic heterocycles. The van der Waals surface area contributed by atoms with Gasteiger partial charge >= 0.3 is 0 Å². The molecule has 2 aromatic carbocycles. The fourth-order valence-electron chi connectivity index (χ4n) is 4.96. The number of ether oxygens (including phenoxy) is 1. The largest absolute Gasteiger partial charge is 0.497 e. The highest BCUT2D eigenvalue weighted by Gasteiger charge is 2.50. The molecular weight excluding hydrogens is 430 g/mol. The number of carbonyl (C=O) groups is 2. The number of nitrogens with two attached hydrogens (primary N) is 1. The Kier molecular flexibility index (Phi) is 5.13. The topological polar surface area (TPSA) is 114 Å². The first-order chi connectivity index (χ1) is 16.4. The average Bonchev–Trinajstić information content (AvgIpc) is 3.58. The third-order valence-electron chi connectivity index (χ3n) is 7.24. The van der Waals surface area contributed by atoms with E-state index in [1.54, 1.807) is 28.8 Å². The Morgan fingerprint density at radius 3 is 2.35 bits per heavy atom. The molecule has 8 nitrogen and oxygen atoms in total. The predicted molar refractivity (Wildman–Crippen MR) is 126 cm³/mol. The molecule has 8 heteroatoms. The van der Waals surface area contributed by atoms with Crippen LogP contribution in [0.2, 0.25) is 0 Å². The molecule has 2 heterocycles. The van der Waals surface area contributed by atoms with Crippen LogP contribution >= 0.6 is 0 Å². The fourth-order valence-corrected chi connectivity index (χ4v) is 4.96.